The molecule has 3 rings (SSSR count). The molecule has 0 aromatic carbocycles. The van der Waals surface area contributed by atoms with Gasteiger partial charge in [-0.2, -0.15) is 0 Å². The second-order valence-electron chi connectivity index (χ2n) is 6.23. The molecule has 146 valence electrons. The largest absolute Gasteiger partial charge is 0.492 e. The maximum absolute atomic E-state index is 12.5. The Kier molecular flexibility index (Phi) is 8.00. The normalized spacial score (nSPS) is 12.6. The van der Waals surface area contributed by atoms with Gasteiger partial charge in [0, 0.05) is 30.6 Å². The Morgan fingerprint density at radius 2 is 2.19 bits per heavy atom. The van der Waals surface area contributed by atoms with Crippen molar-refractivity contribution in [2.24, 2.45) is 5.73 Å². The molecule has 2 aromatic rings. The van der Waals surface area contributed by atoms with Gasteiger partial charge in [-0.3, -0.25) is 14.6 Å². The summed E-state index contributed by atoms with van der Waals surface area (Å²) in [7, 11) is 0. The van der Waals surface area contributed by atoms with Gasteiger partial charge >= 0.3 is 0 Å². The molecule has 0 radical (unpaired) electrons. The van der Waals surface area contributed by atoms with Crippen LogP contribution in [0.5, 0.6) is 5.75 Å². The summed E-state index contributed by atoms with van der Waals surface area (Å²) >= 11 is 0. The van der Waals surface area contributed by atoms with Gasteiger partial charge in [0.2, 0.25) is 0 Å². The van der Waals surface area contributed by atoms with E-state index in [-0.39, 0.29) is 11.7 Å². The first-order valence-electron chi connectivity index (χ1n) is 9.44. The van der Waals surface area contributed by atoms with Crippen molar-refractivity contribution in [2.45, 2.75) is 46.0 Å². The van der Waals surface area contributed by atoms with E-state index < -0.39 is 0 Å². The van der Waals surface area contributed by atoms with Crippen LogP contribution in [0.3, 0.4) is 0 Å². The van der Waals surface area contributed by atoms with Crippen molar-refractivity contribution in [1.29, 1.82) is 0 Å². The fourth-order valence-electron chi connectivity index (χ4n) is 2.86. The summed E-state index contributed by atoms with van der Waals surface area (Å²) in [6.45, 7) is 5.33. The van der Waals surface area contributed by atoms with Crippen LogP contribution in [0.15, 0.2) is 24.7 Å². The highest BCUT2D eigenvalue weighted by atomic mass is 16.5. The first kappa shape index (κ1) is 20.6. The molecule has 0 saturated carbocycles. The zero-order chi connectivity index (χ0) is 19.6. The number of nitrogens with two attached hydrogens (primary N) is 1. The predicted molar refractivity (Wildman–Crippen MR) is 105 cm³/mol. The molecular weight excluding hydrogens is 344 g/mol. The van der Waals surface area contributed by atoms with E-state index in [2.05, 4.69) is 22.2 Å². The number of carbonyl (C=O) groups excluding carboxylic acids is 2. The lowest BCUT2D eigenvalue weighted by molar-refractivity contribution is 0.0956. The maximum Gasteiger partial charge on any atom is 0.258 e. The predicted octanol–water partition coefficient (Wildman–Crippen LogP) is 3.32. The number of aryl methyl sites for hydroxylation is 1. The van der Waals surface area contributed by atoms with Crippen LogP contribution >= 0.6 is 0 Å². The molecular formula is C20H28N4O3. The van der Waals surface area contributed by atoms with Gasteiger partial charge in [0.15, 0.2) is 5.78 Å². The molecule has 0 bridgehead atoms. The number of hydrogen-bond donors (Lipinski definition) is 3. The van der Waals surface area contributed by atoms with Crippen molar-refractivity contribution in [2.75, 3.05) is 18.5 Å². The maximum atomic E-state index is 12.5. The van der Waals surface area contributed by atoms with Gasteiger partial charge in [-0.05, 0) is 32.7 Å². The zero-order valence-electron chi connectivity index (χ0n) is 16.0. The SMILES string of the molecule is CCCCN.CCOc1ccncc1NC(=O)c1c[nH]c2c1C(=O)CCC2. The van der Waals surface area contributed by atoms with Gasteiger partial charge in [-0.1, -0.05) is 13.3 Å². The van der Waals surface area contributed by atoms with Gasteiger partial charge < -0.3 is 20.8 Å². The van der Waals surface area contributed by atoms with Gasteiger partial charge in [0.25, 0.3) is 5.91 Å². The van der Waals surface area contributed by atoms with Crippen LogP contribution in [-0.2, 0) is 6.42 Å². The van der Waals surface area contributed by atoms with Gasteiger partial charge in [-0.25, -0.2) is 0 Å². The Bertz CT molecular complexity index is 768. The van der Waals surface area contributed by atoms with E-state index in [1.807, 2.05) is 6.92 Å². The molecule has 0 saturated heterocycles. The Labute approximate surface area is 159 Å². The number of ketones is 1. The van der Waals surface area contributed by atoms with Crippen molar-refractivity contribution in [3.63, 3.8) is 0 Å². The van der Waals surface area contributed by atoms with Crippen LogP contribution in [0.2, 0.25) is 0 Å². The van der Waals surface area contributed by atoms with Crippen LogP contribution < -0.4 is 15.8 Å². The summed E-state index contributed by atoms with van der Waals surface area (Å²) in [6.07, 6.45) is 9.22. The first-order valence-corrected chi connectivity index (χ1v) is 9.44. The van der Waals surface area contributed by atoms with Crippen LogP contribution in [0, 0.1) is 0 Å². The molecule has 7 nitrogen and oxygen atoms in total. The monoisotopic (exact) mass is 372 g/mol. The third-order valence-electron chi connectivity index (χ3n) is 4.20. The number of amides is 1. The number of Topliss-reactive ketones (excluding diaryl/α,β-unsaturated/α-hetero) is 1. The molecule has 2 heterocycles. The summed E-state index contributed by atoms with van der Waals surface area (Å²) in [5, 5.41) is 2.77. The van der Waals surface area contributed by atoms with Crippen LogP contribution in [-0.4, -0.2) is 34.8 Å². The summed E-state index contributed by atoms with van der Waals surface area (Å²) < 4.78 is 5.46. The number of anilines is 1. The van der Waals surface area contributed by atoms with E-state index in [1.165, 1.54) is 19.0 Å². The molecule has 7 heteroatoms. The third kappa shape index (κ3) is 5.40. The van der Waals surface area contributed by atoms with E-state index in [0.717, 1.165) is 25.1 Å². The summed E-state index contributed by atoms with van der Waals surface area (Å²) in [6, 6.07) is 1.69. The van der Waals surface area contributed by atoms with E-state index in [0.29, 0.717) is 35.6 Å². The van der Waals surface area contributed by atoms with Crippen molar-refractivity contribution in [3.05, 3.63) is 41.5 Å². The molecule has 0 fully saturated rings. The number of hydrogen-bond acceptors (Lipinski definition) is 5. The topological polar surface area (TPSA) is 110 Å². The lowest BCUT2D eigenvalue weighted by Crippen LogP contribution is -2.18. The number of unbranched alkanes of at least 4 members (excludes halogenated alkanes) is 1. The van der Waals surface area contributed by atoms with E-state index in [1.54, 1.807) is 18.5 Å². The molecule has 0 unspecified atom stereocenters. The Morgan fingerprint density at radius 1 is 1.37 bits per heavy atom. The van der Waals surface area contributed by atoms with Crippen LogP contribution in [0.25, 0.3) is 0 Å². The smallest absolute Gasteiger partial charge is 0.258 e. The van der Waals surface area contributed by atoms with Crippen molar-refractivity contribution < 1.29 is 14.3 Å². The number of ether oxygens (including phenoxy) is 1. The standard InChI is InChI=1S/C16H17N3O3.C4H11N/c1-2-22-14-6-7-17-9-12(14)19-16(21)10-8-18-11-4-3-5-13(20)15(10)11;1-2-3-4-5/h6-9,18H,2-5H2,1H3,(H,19,21);2-5H2,1H3. The molecule has 1 aliphatic carbocycles. The lowest BCUT2D eigenvalue weighted by atomic mass is 9.93. The highest BCUT2D eigenvalue weighted by Gasteiger charge is 2.26. The summed E-state index contributed by atoms with van der Waals surface area (Å²) in [5.74, 6) is 0.243. The fourth-order valence-corrected chi connectivity index (χ4v) is 2.86. The molecule has 4 N–H and O–H groups in total. The summed E-state index contributed by atoms with van der Waals surface area (Å²) in [5.41, 5.74) is 7.38. The third-order valence-corrected chi connectivity index (χ3v) is 4.20. The number of nitrogens with zero attached hydrogens (tertiary/aromatic N) is 1. The number of H-pyrrole nitrogens is 1. The molecule has 1 amide bonds. The van der Waals surface area contributed by atoms with Gasteiger partial charge in [0.1, 0.15) is 11.4 Å². The molecule has 0 aliphatic heterocycles. The first-order chi connectivity index (χ1) is 13.1. The quantitative estimate of drug-likeness (QED) is 0.720. The number of nitrogens with one attached hydrogen (secondary N) is 2. The average Bonchev–Trinajstić information content (AvgIpc) is 3.10. The van der Waals surface area contributed by atoms with Gasteiger partial charge in [0.05, 0.1) is 23.9 Å². The molecule has 0 spiro atoms. The number of aromatic amines is 1. The molecule has 27 heavy (non-hydrogen) atoms. The van der Waals surface area contributed by atoms with E-state index in [9.17, 15) is 9.59 Å². The number of fused-ring (bicyclic) bond motifs is 1. The minimum absolute atomic E-state index is 0.0175. The molecule has 0 atom stereocenters. The van der Waals surface area contributed by atoms with Crippen LogP contribution in [0.4, 0.5) is 5.69 Å². The van der Waals surface area contributed by atoms with Crippen molar-refractivity contribution in [3.8, 4) is 5.75 Å². The van der Waals surface area contributed by atoms with Crippen molar-refractivity contribution in [1.82, 2.24) is 9.97 Å². The fraction of sp³-hybridized carbons (Fsp3) is 0.450. The number of rotatable bonds is 6. The average molecular weight is 372 g/mol. The second-order valence-corrected chi connectivity index (χ2v) is 6.23. The number of pyridine rings is 1. The van der Waals surface area contributed by atoms with Crippen molar-refractivity contribution >= 4 is 17.4 Å². The van der Waals surface area contributed by atoms with E-state index >= 15 is 0 Å². The zero-order valence-corrected chi connectivity index (χ0v) is 16.0. The second kappa shape index (κ2) is 10.5. The van der Waals surface area contributed by atoms with Gasteiger partial charge in [-0.15, -0.1) is 0 Å². The molecule has 2 aromatic heterocycles. The lowest BCUT2D eigenvalue weighted by Gasteiger charge is -2.13. The highest BCUT2D eigenvalue weighted by Crippen LogP contribution is 2.27. The highest BCUT2D eigenvalue weighted by molar-refractivity contribution is 6.13. The molecule has 1 aliphatic rings. The minimum Gasteiger partial charge on any atom is -0.492 e. The summed E-state index contributed by atoms with van der Waals surface area (Å²) in [4.78, 5) is 31.6. The Balaban J connectivity index is 0.000000465. The minimum atomic E-state index is -0.332. The van der Waals surface area contributed by atoms with Crippen LogP contribution in [0.1, 0.15) is 65.9 Å². The van der Waals surface area contributed by atoms with E-state index in [4.69, 9.17) is 10.5 Å². The Morgan fingerprint density at radius 3 is 2.85 bits per heavy atom. The number of carbonyl (C=O) groups is 2. The Hall–Kier alpha value is -2.67. The number of aromatic nitrogens is 2.